The summed E-state index contributed by atoms with van der Waals surface area (Å²) < 4.78 is 26.8. The molecule has 0 bridgehead atoms. The van der Waals surface area contributed by atoms with E-state index in [1.54, 1.807) is 17.0 Å². The highest BCUT2D eigenvalue weighted by atomic mass is 35.5. The molecule has 0 aliphatic rings. The van der Waals surface area contributed by atoms with E-state index in [1.807, 2.05) is 88.4 Å². The molecule has 0 heterocycles. The van der Waals surface area contributed by atoms with Gasteiger partial charge in [-0.25, -0.2) is 8.42 Å². The summed E-state index contributed by atoms with van der Waals surface area (Å²) >= 11 is 6.25. The SMILES string of the molecule is Cc1cc(C)cc(N(CCCC(=O)N(Cc2cccc(Cl)c2)C(Cc2ccccc2)C(=O)NC(C)C)S(C)(=O)=O)c1. The predicted octanol–water partition coefficient (Wildman–Crippen LogP) is 5.67. The standard InChI is InChI=1S/C32H40ClN3O4S/c1-23(2)34-32(38)30(21-26-11-7-6-8-12-26)35(22-27-13-9-14-28(33)20-27)31(37)15-10-16-36(41(5,39)40)29-18-24(3)17-25(4)19-29/h6-9,11-14,17-20,23,30H,10,15-16,21-22H2,1-5H3,(H,34,38). The van der Waals surface area contributed by atoms with Crippen LogP contribution in [0.1, 0.15) is 48.9 Å². The summed E-state index contributed by atoms with van der Waals surface area (Å²) in [4.78, 5) is 29.0. The Morgan fingerprint density at radius 3 is 2.12 bits per heavy atom. The Labute approximate surface area is 249 Å². The lowest BCUT2D eigenvalue weighted by molar-refractivity contribution is -0.141. The third kappa shape index (κ3) is 9.90. The van der Waals surface area contributed by atoms with Crippen LogP contribution in [0.2, 0.25) is 5.02 Å². The van der Waals surface area contributed by atoms with E-state index in [2.05, 4.69) is 5.32 Å². The first-order chi connectivity index (χ1) is 19.3. The van der Waals surface area contributed by atoms with Gasteiger partial charge in [0.25, 0.3) is 0 Å². The summed E-state index contributed by atoms with van der Waals surface area (Å²) in [5.41, 5.74) is 4.22. The molecule has 1 atom stereocenters. The first-order valence-corrected chi connectivity index (χ1v) is 16.0. The Balaban J connectivity index is 1.89. The maximum atomic E-state index is 13.9. The van der Waals surface area contributed by atoms with Crippen LogP contribution in [0.4, 0.5) is 5.69 Å². The monoisotopic (exact) mass is 597 g/mol. The topological polar surface area (TPSA) is 86.8 Å². The lowest BCUT2D eigenvalue weighted by atomic mass is 10.0. The van der Waals surface area contributed by atoms with Gasteiger partial charge in [-0.3, -0.25) is 13.9 Å². The molecule has 1 N–H and O–H groups in total. The van der Waals surface area contributed by atoms with Crippen molar-refractivity contribution in [3.8, 4) is 0 Å². The number of nitrogens with one attached hydrogen (secondary N) is 1. The number of halogens is 1. The Morgan fingerprint density at radius 2 is 1.54 bits per heavy atom. The van der Waals surface area contributed by atoms with Crippen molar-refractivity contribution >= 4 is 39.1 Å². The van der Waals surface area contributed by atoms with Gasteiger partial charge < -0.3 is 10.2 Å². The molecule has 0 radical (unpaired) electrons. The van der Waals surface area contributed by atoms with Crippen LogP contribution >= 0.6 is 11.6 Å². The molecule has 2 amide bonds. The fourth-order valence-electron chi connectivity index (χ4n) is 4.87. The maximum absolute atomic E-state index is 13.9. The lowest BCUT2D eigenvalue weighted by Crippen LogP contribution is -2.51. The minimum absolute atomic E-state index is 0.0671. The molecule has 3 aromatic rings. The van der Waals surface area contributed by atoms with Gasteiger partial charge in [0.2, 0.25) is 21.8 Å². The molecule has 0 aliphatic carbocycles. The van der Waals surface area contributed by atoms with Crippen molar-refractivity contribution in [1.29, 1.82) is 0 Å². The lowest BCUT2D eigenvalue weighted by Gasteiger charge is -2.32. The predicted molar refractivity (Wildman–Crippen MR) is 167 cm³/mol. The number of hydrogen-bond donors (Lipinski definition) is 1. The van der Waals surface area contributed by atoms with Crippen molar-refractivity contribution in [2.45, 2.75) is 65.6 Å². The number of hydrogen-bond acceptors (Lipinski definition) is 4. The van der Waals surface area contributed by atoms with Crippen molar-refractivity contribution < 1.29 is 18.0 Å². The number of aryl methyl sites for hydroxylation is 2. The van der Waals surface area contributed by atoms with Crippen molar-refractivity contribution in [3.05, 3.63) is 100 Å². The zero-order chi connectivity index (χ0) is 30.2. The molecule has 1 unspecified atom stereocenters. The van der Waals surface area contributed by atoms with Crippen LogP contribution in [0.25, 0.3) is 0 Å². The second-order valence-electron chi connectivity index (χ2n) is 10.8. The zero-order valence-electron chi connectivity index (χ0n) is 24.4. The first kappa shape index (κ1) is 32.2. The molecular formula is C32H40ClN3O4S. The molecular weight excluding hydrogens is 558 g/mol. The van der Waals surface area contributed by atoms with Crippen LogP contribution in [0.15, 0.2) is 72.8 Å². The Morgan fingerprint density at radius 1 is 0.902 bits per heavy atom. The number of rotatable bonds is 13. The largest absolute Gasteiger partial charge is 0.352 e. The number of amides is 2. The summed E-state index contributed by atoms with van der Waals surface area (Å²) in [6, 6.07) is 21.6. The van der Waals surface area contributed by atoms with Crippen molar-refractivity contribution in [1.82, 2.24) is 10.2 Å². The highest BCUT2D eigenvalue weighted by Gasteiger charge is 2.31. The van der Waals surface area contributed by atoms with Crippen molar-refractivity contribution in [3.63, 3.8) is 0 Å². The normalized spacial score (nSPS) is 12.2. The zero-order valence-corrected chi connectivity index (χ0v) is 26.0. The fraction of sp³-hybridized carbons (Fsp3) is 0.375. The third-order valence-corrected chi connectivity index (χ3v) is 8.02. The van der Waals surface area contributed by atoms with Crippen LogP contribution < -0.4 is 9.62 Å². The molecule has 0 fully saturated rings. The Bertz CT molecular complexity index is 1420. The second-order valence-corrected chi connectivity index (χ2v) is 13.1. The van der Waals surface area contributed by atoms with E-state index in [4.69, 9.17) is 11.6 Å². The molecule has 3 aromatic carbocycles. The van der Waals surface area contributed by atoms with Crippen LogP contribution in [0, 0.1) is 13.8 Å². The summed E-state index contributed by atoms with van der Waals surface area (Å²) in [7, 11) is -3.58. The van der Waals surface area contributed by atoms with Crippen molar-refractivity contribution in [2.24, 2.45) is 0 Å². The minimum Gasteiger partial charge on any atom is -0.352 e. The summed E-state index contributed by atoms with van der Waals surface area (Å²) in [6.07, 6.45) is 1.86. The summed E-state index contributed by atoms with van der Waals surface area (Å²) in [5.74, 6) is -0.481. The van der Waals surface area contributed by atoms with E-state index < -0.39 is 16.1 Å². The van der Waals surface area contributed by atoms with Gasteiger partial charge >= 0.3 is 0 Å². The maximum Gasteiger partial charge on any atom is 0.243 e. The van der Waals surface area contributed by atoms with Crippen LogP contribution in [0.5, 0.6) is 0 Å². The molecule has 41 heavy (non-hydrogen) atoms. The number of carbonyl (C=O) groups excluding carboxylic acids is 2. The number of anilines is 1. The van der Waals surface area contributed by atoms with Gasteiger partial charge in [-0.15, -0.1) is 0 Å². The van der Waals surface area contributed by atoms with E-state index in [0.29, 0.717) is 17.1 Å². The Kier molecular flexibility index (Phi) is 11.4. The van der Waals surface area contributed by atoms with Gasteiger partial charge in [0.15, 0.2) is 0 Å². The van der Waals surface area contributed by atoms with Crippen molar-refractivity contribution in [2.75, 3.05) is 17.1 Å². The molecule has 9 heteroatoms. The van der Waals surface area contributed by atoms with Gasteiger partial charge in [-0.05, 0) is 80.6 Å². The number of sulfonamides is 1. The second kappa shape index (κ2) is 14.5. The van der Waals surface area contributed by atoms with Crippen LogP contribution in [0.3, 0.4) is 0 Å². The van der Waals surface area contributed by atoms with Gasteiger partial charge in [0, 0.05) is 37.0 Å². The number of nitrogens with zero attached hydrogens (tertiary/aromatic N) is 2. The quantitative estimate of drug-likeness (QED) is 0.275. The first-order valence-electron chi connectivity index (χ1n) is 13.8. The van der Waals surface area contributed by atoms with Gasteiger partial charge in [0.1, 0.15) is 6.04 Å². The average Bonchev–Trinajstić information content (AvgIpc) is 2.87. The molecule has 0 saturated heterocycles. The highest BCUT2D eigenvalue weighted by molar-refractivity contribution is 7.92. The van der Waals surface area contributed by atoms with Gasteiger partial charge in [-0.2, -0.15) is 0 Å². The minimum atomic E-state index is -3.58. The fourth-order valence-corrected chi connectivity index (χ4v) is 6.03. The van der Waals surface area contributed by atoms with Crippen LogP contribution in [-0.4, -0.2) is 50.0 Å². The molecule has 3 rings (SSSR count). The molecule has 0 aliphatic heterocycles. The third-order valence-electron chi connectivity index (χ3n) is 6.59. The smallest absolute Gasteiger partial charge is 0.243 e. The van der Waals surface area contributed by atoms with E-state index in [-0.39, 0.29) is 43.8 Å². The molecule has 7 nitrogen and oxygen atoms in total. The van der Waals surface area contributed by atoms with E-state index in [1.165, 1.54) is 10.6 Å². The highest BCUT2D eigenvalue weighted by Crippen LogP contribution is 2.23. The number of carbonyl (C=O) groups is 2. The Hall–Kier alpha value is -3.36. The number of benzene rings is 3. The molecule has 0 spiro atoms. The average molecular weight is 598 g/mol. The van der Waals surface area contributed by atoms with Gasteiger partial charge in [0.05, 0.1) is 11.9 Å². The van der Waals surface area contributed by atoms with E-state index in [0.717, 1.165) is 22.3 Å². The molecule has 0 saturated carbocycles. The summed E-state index contributed by atoms with van der Waals surface area (Å²) in [6.45, 7) is 7.93. The molecule has 220 valence electrons. The van der Waals surface area contributed by atoms with Gasteiger partial charge in [-0.1, -0.05) is 60.1 Å². The van der Waals surface area contributed by atoms with E-state index >= 15 is 0 Å². The summed E-state index contributed by atoms with van der Waals surface area (Å²) in [5, 5.41) is 3.52. The molecule has 0 aromatic heterocycles. The van der Waals surface area contributed by atoms with Crippen LogP contribution in [-0.2, 0) is 32.6 Å². The van der Waals surface area contributed by atoms with E-state index in [9.17, 15) is 18.0 Å².